The fourth-order valence-electron chi connectivity index (χ4n) is 6.51. The normalized spacial score (nSPS) is 51.2. The van der Waals surface area contributed by atoms with E-state index in [0.717, 1.165) is 32.1 Å². The predicted octanol–water partition coefficient (Wildman–Crippen LogP) is 3.45. The van der Waals surface area contributed by atoms with E-state index in [1.807, 2.05) is 6.08 Å². The second kappa shape index (κ2) is 5.23. The molecule has 0 aromatic rings. The molecule has 2 saturated carbocycles. The molecule has 0 aromatic carbocycles. The van der Waals surface area contributed by atoms with Crippen LogP contribution in [-0.2, 0) is 0 Å². The SMILES string of the molecule is C#C[C@]1(O)C=C[C@H]2[C@@H]3CCC4=C[C@@H](O)CC[C@@H]4[C@H]3CC[C@@]21CC. The van der Waals surface area contributed by atoms with E-state index in [1.165, 1.54) is 18.4 Å². The number of hydrogen-bond donors (Lipinski definition) is 2. The molecule has 2 N–H and O–H groups in total. The molecule has 0 radical (unpaired) electrons. The van der Waals surface area contributed by atoms with Crippen LogP contribution in [0.15, 0.2) is 23.8 Å². The van der Waals surface area contributed by atoms with Gasteiger partial charge in [0.25, 0.3) is 0 Å². The van der Waals surface area contributed by atoms with Crippen LogP contribution in [0.2, 0.25) is 0 Å². The summed E-state index contributed by atoms with van der Waals surface area (Å²) in [7, 11) is 0. The molecule has 0 unspecified atom stereocenters. The van der Waals surface area contributed by atoms with Gasteiger partial charge in [0.2, 0.25) is 0 Å². The molecule has 23 heavy (non-hydrogen) atoms. The van der Waals surface area contributed by atoms with Crippen molar-refractivity contribution in [1.82, 2.24) is 0 Å². The number of rotatable bonds is 1. The Labute approximate surface area is 139 Å². The molecule has 2 heteroatoms. The highest BCUT2D eigenvalue weighted by molar-refractivity contribution is 5.36. The third-order valence-electron chi connectivity index (χ3n) is 7.67. The summed E-state index contributed by atoms with van der Waals surface area (Å²) in [6.45, 7) is 2.19. The molecule has 7 atom stereocenters. The van der Waals surface area contributed by atoms with Gasteiger partial charge in [-0.15, -0.1) is 6.42 Å². The first-order chi connectivity index (χ1) is 11.0. The molecule has 0 aromatic heterocycles. The lowest BCUT2D eigenvalue weighted by molar-refractivity contribution is -0.0884. The summed E-state index contributed by atoms with van der Waals surface area (Å²) in [6, 6.07) is 0. The number of allylic oxidation sites excluding steroid dienone is 2. The van der Waals surface area contributed by atoms with Gasteiger partial charge >= 0.3 is 0 Å². The molecular weight excluding hydrogens is 284 g/mol. The number of aliphatic hydroxyl groups excluding tert-OH is 1. The molecule has 4 aliphatic carbocycles. The van der Waals surface area contributed by atoms with Crippen molar-refractivity contribution in [2.75, 3.05) is 0 Å². The number of hydrogen-bond acceptors (Lipinski definition) is 2. The average molecular weight is 312 g/mol. The molecule has 0 aliphatic heterocycles. The topological polar surface area (TPSA) is 40.5 Å². The van der Waals surface area contributed by atoms with Crippen LogP contribution in [0.5, 0.6) is 0 Å². The van der Waals surface area contributed by atoms with E-state index < -0.39 is 5.60 Å². The minimum atomic E-state index is -1.06. The highest BCUT2D eigenvalue weighted by Gasteiger charge is 2.61. The van der Waals surface area contributed by atoms with Crippen LogP contribution in [-0.4, -0.2) is 21.9 Å². The van der Waals surface area contributed by atoms with Crippen molar-refractivity contribution >= 4 is 0 Å². The van der Waals surface area contributed by atoms with E-state index in [9.17, 15) is 10.2 Å². The quantitative estimate of drug-likeness (QED) is 0.575. The first-order valence-electron chi connectivity index (χ1n) is 9.33. The summed E-state index contributed by atoms with van der Waals surface area (Å²) in [5.41, 5.74) is 0.289. The fraction of sp³-hybridized carbons (Fsp3) is 0.714. The zero-order valence-corrected chi connectivity index (χ0v) is 14.0. The van der Waals surface area contributed by atoms with Crippen molar-refractivity contribution < 1.29 is 10.2 Å². The average Bonchev–Trinajstić information content (AvgIpc) is 2.88. The number of fused-ring (bicyclic) bond motifs is 5. The molecule has 0 spiro atoms. The Morgan fingerprint density at radius 3 is 2.83 bits per heavy atom. The molecule has 4 rings (SSSR count). The van der Waals surface area contributed by atoms with Crippen molar-refractivity contribution in [3.05, 3.63) is 23.8 Å². The Balaban J connectivity index is 1.67. The lowest BCUT2D eigenvalue weighted by Crippen LogP contribution is -2.54. The van der Waals surface area contributed by atoms with E-state index in [0.29, 0.717) is 23.7 Å². The maximum absolute atomic E-state index is 11.0. The van der Waals surface area contributed by atoms with E-state index in [2.05, 4.69) is 25.0 Å². The second-order valence-corrected chi connectivity index (χ2v) is 8.20. The molecule has 0 amide bonds. The predicted molar refractivity (Wildman–Crippen MR) is 91.4 cm³/mol. The van der Waals surface area contributed by atoms with E-state index in [-0.39, 0.29) is 11.5 Å². The van der Waals surface area contributed by atoms with Gasteiger partial charge in [0.1, 0.15) is 5.60 Å². The Morgan fingerprint density at radius 1 is 1.26 bits per heavy atom. The molecule has 2 fully saturated rings. The Bertz CT molecular complexity index is 597. The Morgan fingerprint density at radius 2 is 2.09 bits per heavy atom. The van der Waals surface area contributed by atoms with Gasteiger partial charge in [-0.05, 0) is 74.7 Å². The largest absolute Gasteiger partial charge is 0.389 e. The first-order valence-corrected chi connectivity index (χ1v) is 9.33. The zero-order chi connectivity index (χ0) is 16.2. The molecule has 0 heterocycles. The van der Waals surface area contributed by atoms with Crippen LogP contribution in [0, 0.1) is 41.4 Å². The van der Waals surface area contributed by atoms with E-state index in [1.54, 1.807) is 0 Å². The van der Waals surface area contributed by atoms with Crippen LogP contribution in [0.3, 0.4) is 0 Å². The van der Waals surface area contributed by atoms with Crippen LogP contribution >= 0.6 is 0 Å². The van der Waals surface area contributed by atoms with Crippen molar-refractivity contribution in [3.63, 3.8) is 0 Å². The number of terminal acetylenes is 1. The van der Waals surface area contributed by atoms with E-state index >= 15 is 0 Å². The minimum absolute atomic E-state index is 0.154. The summed E-state index contributed by atoms with van der Waals surface area (Å²) in [4.78, 5) is 0. The van der Waals surface area contributed by atoms with Gasteiger partial charge < -0.3 is 10.2 Å². The molecule has 2 nitrogen and oxygen atoms in total. The fourth-order valence-corrected chi connectivity index (χ4v) is 6.51. The summed E-state index contributed by atoms with van der Waals surface area (Å²) in [5, 5.41) is 21.0. The zero-order valence-electron chi connectivity index (χ0n) is 14.0. The second-order valence-electron chi connectivity index (χ2n) is 8.20. The lowest BCUT2D eigenvalue weighted by Gasteiger charge is -2.56. The van der Waals surface area contributed by atoms with Crippen molar-refractivity contribution in [2.24, 2.45) is 29.1 Å². The molecule has 0 saturated heterocycles. The minimum Gasteiger partial charge on any atom is -0.389 e. The van der Waals surface area contributed by atoms with Crippen molar-refractivity contribution in [2.45, 2.75) is 63.6 Å². The third-order valence-corrected chi connectivity index (χ3v) is 7.67. The summed E-state index contributed by atoms with van der Waals surface area (Å²) >= 11 is 0. The smallest absolute Gasteiger partial charge is 0.149 e. The third kappa shape index (κ3) is 1.96. The van der Waals surface area contributed by atoms with Gasteiger partial charge in [-0.1, -0.05) is 30.6 Å². The maximum atomic E-state index is 11.0. The Kier molecular flexibility index (Phi) is 3.52. The maximum Gasteiger partial charge on any atom is 0.149 e. The number of aliphatic hydroxyl groups is 2. The van der Waals surface area contributed by atoms with Crippen LogP contribution in [0.1, 0.15) is 51.9 Å². The van der Waals surface area contributed by atoms with Gasteiger partial charge in [-0.25, -0.2) is 0 Å². The monoisotopic (exact) mass is 312 g/mol. The van der Waals surface area contributed by atoms with Gasteiger partial charge in [-0.3, -0.25) is 0 Å². The summed E-state index contributed by atoms with van der Waals surface area (Å²) in [5.74, 6) is 5.13. The van der Waals surface area contributed by atoms with Gasteiger partial charge in [0.15, 0.2) is 0 Å². The van der Waals surface area contributed by atoms with Gasteiger partial charge in [-0.2, -0.15) is 0 Å². The van der Waals surface area contributed by atoms with Gasteiger partial charge in [0.05, 0.1) is 6.10 Å². The first kappa shape index (κ1) is 15.5. The molecule has 124 valence electrons. The van der Waals surface area contributed by atoms with Crippen LogP contribution < -0.4 is 0 Å². The van der Waals surface area contributed by atoms with Crippen LogP contribution in [0.25, 0.3) is 0 Å². The highest BCUT2D eigenvalue weighted by Crippen LogP contribution is 2.63. The van der Waals surface area contributed by atoms with E-state index in [4.69, 9.17) is 6.42 Å². The molecule has 4 aliphatic rings. The summed E-state index contributed by atoms with van der Waals surface area (Å²) < 4.78 is 0. The van der Waals surface area contributed by atoms with Crippen LogP contribution in [0.4, 0.5) is 0 Å². The standard InChI is InChI=1S/C21H28O2/c1-3-20-11-9-17-16-8-6-15(22)13-14(16)5-7-18(17)19(20)10-12-21(20,23)4-2/h2,10,12-13,15-19,22-23H,3,5-9,11H2,1H3/t15-,16-,17+,18+,19-,20-,21-/m0/s1. The lowest BCUT2D eigenvalue weighted by atomic mass is 9.49. The van der Waals surface area contributed by atoms with Crippen molar-refractivity contribution in [1.29, 1.82) is 0 Å². The van der Waals surface area contributed by atoms with Crippen molar-refractivity contribution in [3.8, 4) is 12.3 Å². The molecular formula is C21H28O2. The Hall–Kier alpha value is -1.04. The van der Waals surface area contributed by atoms with Gasteiger partial charge in [0, 0.05) is 5.41 Å². The molecule has 0 bridgehead atoms. The highest BCUT2D eigenvalue weighted by atomic mass is 16.3. The summed E-state index contributed by atoms with van der Waals surface area (Å²) in [6.07, 6.45) is 19.3.